The Balaban J connectivity index is 1.88. The van der Waals surface area contributed by atoms with Gasteiger partial charge in [0.05, 0.1) is 18.3 Å². The molecule has 3 aromatic rings. The highest BCUT2D eigenvalue weighted by Gasteiger charge is 2.17. The Morgan fingerprint density at radius 3 is 2.46 bits per heavy atom. The number of nitrogens with one attached hydrogen (secondary N) is 1. The number of nitrogens with zero attached hydrogens (tertiary/aromatic N) is 2. The number of aromatic nitrogens is 2. The van der Waals surface area contributed by atoms with Crippen LogP contribution in [0.3, 0.4) is 0 Å². The van der Waals surface area contributed by atoms with E-state index < -0.39 is 29.2 Å². The van der Waals surface area contributed by atoms with E-state index in [1.165, 1.54) is 10.9 Å². The largest absolute Gasteiger partial charge is 0.306 e. The molecule has 0 spiro atoms. The Hall–Kier alpha value is -3.16. The molecule has 4 nitrogen and oxygen atoms in total. The van der Waals surface area contributed by atoms with Gasteiger partial charge in [0, 0.05) is 17.2 Å². The molecule has 0 aliphatic rings. The van der Waals surface area contributed by atoms with Crippen molar-refractivity contribution in [3.05, 3.63) is 82.6 Å². The predicted octanol–water partition coefficient (Wildman–Crippen LogP) is 4.05. The van der Waals surface area contributed by atoms with Crippen LogP contribution in [0.2, 0.25) is 0 Å². The topological polar surface area (TPSA) is 46.9 Å². The second kappa shape index (κ2) is 6.99. The van der Waals surface area contributed by atoms with Crippen molar-refractivity contribution < 1.29 is 22.4 Å². The average Bonchev–Trinajstić information content (AvgIpc) is 2.91. The minimum Gasteiger partial charge on any atom is -0.306 e. The van der Waals surface area contributed by atoms with Crippen LogP contribution < -0.4 is 5.32 Å². The third-order valence-corrected chi connectivity index (χ3v) is 3.76. The molecular formula is C18H13F4N3O. The van der Waals surface area contributed by atoms with Crippen molar-refractivity contribution in [3.8, 4) is 0 Å². The molecule has 0 saturated heterocycles. The number of aryl methyl sites for hydroxylation is 1. The summed E-state index contributed by atoms with van der Waals surface area (Å²) in [5.74, 6) is -3.66. The molecule has 2 aromatic carbocycles. The van der Waals surface area contributed by atoms with Crippen LogP contribution in [0.4, 0.5) is 23.4 Å². The van der Waals surface area contributed by atoms with Crippen LogP contribution in [-0.4, -0.2) is 15.7 Å². The van der Waals surface area contributed by atoms with Gasteiger partial charge in [0.15, 0.2) is 0 Å². The molecule has 134 valence electrons. The van der Waals surface area contributed by atoms with E-state index in [2.05, 4.69) is 10.4 Å². The van der Waals surface area contributed by atoms with Gasteiger partial charge >= 0.3 is 0 Å². The zero-order valence-corrected chi connectivity index (χ0v) is 13.6. The maximum absolute atomic E-state index is 13.8. The third kappa shape index (κ3) is 3.58. The van der Waals surface area contributed by atoms with E-state index in [4.69, 9.17) is 0 Å². The lowest BCUT2D eigenvalue weighted by Gasteiger charge is -2.11. The van der Waals surface area contributed by atoms with Crippen LogP contribution in [0.1, 0.15) is 21.5 Å². The smallest absolute Gasteiger partial charge is 0.259 e. The van der Waals surface area contributed by atoms with Crippen molar-refractivity contribution in [2.24, 2.45) is 0 Å². The lowest BCUT2D eigenvalue weighted by Crippen LogP contribution is -2.18. The number of benzene rings is 2. The first-order chi connectivity index (χ1) is 12.3. The van der Waals surface area contributed by atoms with Gasteiger partial charge in [0.2, 0.25) is 0 Å². The molecule has 1 aromatic heterocycles. The number of halogens is 4. The van der Waals surface area contributed by atoms with Crippen molar-refractivity contribution in [2.45, 2.75) is 13.5 Å². The molecule has 0 radical (unpaired) electrons. The number of carbonyl (C=O) groups is 1. The molecule has 0 bridgehead atoms. The first kappa shape index (κ1) is 17.7. The maximum atomic E-state index is 13.8. The van der Waals surface area contributed by atoms with E-state index in [1.807, 2.05) is 0 Å². The van der Waals surface area contributed by atoms with Crippen molar-refractivity contribution >= 4 is 11.7 Å². The Morgan fingerprint density at radius 2 is 1.73 bits per heavy atom. The van der Waals surface area contributed by atoms with Crippen LogP contribution in [0.25, 0.3) is 0 Å². The molecule has 0 aliphatic heterocycles. The predicted molar refractivity (Wildman–Crippen MR) is 86.7 cm³/mol. The standard InChI is InChI=1S/C18H13F4N3O/c1-10-8-23-25(9-11-6-12(19)3-5-15(11)21)17(10)24-18(26)14-4-2-13(20)7-16(14)22/h2-8H,9H2,1H3,(H,24,26). The number of carbonyl (C=O) groups excluding carboxylic acids is 1. The van der Waals surface area contributed by atoms with Crippen molar-refractivity contribution in [2.75, 3.05) is 5.32 Å². The summed E-state index contributed by atoms with van der Waals surface area (Å²) in [6.07, 6.45) is 1.42. The van der Waals surface area contributed by atoms with Crippen molar-refractivity contribution in [3.63, 3.8) is 0 Å². The SMILES string of the molecule is Cc1cnn(Cc2cc(F)ccc2F)c1NC(=O)c1ccc(F)cc1F. The minimum absolute atomic E-state index is 0.0385. The van der Waals surface area contributed by atoms with Crippen LogP contribution in [0.15, 0.2) is 42.6 Å². The van der Waals surface area contributed by atoms with E-state index >= 15 is 0 Å². The summed E-state index contributed by atoms with van der Waals surface area (Å²) >= 11 is 0. The Bertz CT molecular complexity index is 985. The number of hydrogen-bond acceptors (Lipinski definition) is 2. The van der Waals surface area contributed by atoms with Gasteiger partial charge in [-0.25, -0.2) is 22.2 Å². The summed E-state index contributed by atoms with van der Waals surface area (Å²) in [4.78, 5) is 12.3. The molecule has 0 atom stereocenters. The highest BCUT2D eigenvalue weighted by molar-refractivity contribution is 6.04. The van der Waals surface area contributed by atoms with Gasteiger partial charge in [-0.15, -0.1) is 0 Å². The molecule has 0 saturated carbocycles. The number of hydrogen-bond donors (Lipinski definition) is 1. The van der Waals surface area contributed by atoms with Crippen LogP contribution >= 0.6 is 0 Å². The number of amides is 1. The molecule has 3 rings (SSSR count). The van der Waals surface area contributed by atoms with E-state index in [1.54, 1.807) is 6.92 Å². The van der Waals surface area contributed by atoms with Gasteiger partial charge in [-0.05, 0) is 37.3 Å². The van der Waals surface area contributed by atoms with Gasteiger partial charge in [-0.3, -0.25) is 4.79 Å². The fourth-order valence-corrected chi connectivity index (χ4v) is 2.44. The quantitative estimate of drug-likeness (QED) is 0.711. The van der Waals surface area contributed by atoms with Gasteiger partial charge in [0.25, 0.3) is 5.91 Å². The monoisotopic (exact) mass is 363 g/mol. The second-order valence-electron chi connectivity index (χ2n) is 5.65. The zero-order valence-electron chi connectivity index (χ0n) is 13.6. The molecule has 8 heteroatoms. The summed E-state index contributed by atoms with van der Waals surface area (Å²) in [7, 11) is 0. The molecule has 1 amide bonds. The summed E-state index contributed by atoms with van der Waals surface area (Å²) in [5.41, 5.74) is 0.227. The van der Waals surface area contributed by atoms with E-state index in [-0.39, 0.29) is 23.5 Å². The molecule has 0 fully saturated rings. The lowest BCUT2D eigenvalue weighted by molar-refractivity contribution is 0.102. The summed E-state index contributed by atoms with van der Waals surface area (Å²) < 4.78 is 55.2. The van der Waals surface area contributed by atoms with E-state index in [0.717, 1.165) is 30.3 Å². The van der Waals surface area contributed by atoms with E-state index in [9.17, 15) is 22.4 Å². The van der Waals surface area contributed by atoms with Gasteiger partial charge in [0.1, 0.15) is 29.1 Å². The highest BCUT2D eigenvalue weighted by atomic mass is 19.1. The maximum Gasteiger partial charge on any atom is 0.259 e. The van der Waals surface area contributed by atoms with Gasteiger partial charge in [-0.1, -0.05) is 0 Å². The Labute approximate surface area is 146 Å². The second-order valence-corrected chi connectivity index (χ2v) is 5.65. The fraction of sp³-hybridized carbons (Fsp3) is 0.111. The summed E-state index contributed by atoms with van der Waals surface area (Å²) in [5, 5.41) is 6.50. The number of anilines is 1. The first-order valence-electron chi connectivity index (χ1n) is 7.58. The van der Waals surface area contributed by atoms with Crippen molar-refractivity contribution in [1.29, 1.82) is 0 Å². The first-order valence-corrected chi connectivity index (χ1v) is 7.58. The van der Waals surface area contributed by atoms with Crippen LogP contribution in [0, 0.1) is 30.2 Å². The molecule has 1 heterocycles. The molecule has 1 N–H and O–H groups in total. The Morgan fingerprint density at radius 1 is 1.04 bits per heavy atom. The molecule has 0 unspecified atom stereocenters. The normalized spacial score (nSPS) is 10.8. The van der Waals surface area contributed by atoms with Gasteiger partial charge in [-0.2, -0.15) is 5.10 Å². The van der Waals surface area contributed by atoms with E-state index in [0.29, 0.717) is 11.6 Å². The highest BCUT2D eigenvalue weighted by Crippen LogP contribution is 2.20. The van der Waals surface area contributed by atoms with Crippen molar-refractivity contribution in [1.82, 2.24) is 9.78 Å². The lowest BCUT2D eigenvalue weighted by atomic mass is 10.2. The summed E-state index contributed by atoms with van der Waals surface area (Å²) in [6, 6.07) is 5.59. The van der Waals surface area contributed by atoms with Crippen LogP contribution in [-0.2, 0) is 6.54 Å². The third-order valence-electron chi connectivity index (χ3n) is 3.76. The zero-order chi connectivity index (χ0) is 18.8. The molecule has 0 aliphatic carbocycles. The Kier molecular flexibility index (Phi) is 4.75. The molecule has 26 heavy (non-hydrogen) atoms. The minimum atomic E-state index is -1.01. The summed E-state index contributed by atoms with van der Waals surface area (Å²) in [6.45, 7) is 1.50. The van der Waals surface area contributed by atoms with Gasteiger partial charge < -0.3 is 5.32 Å². The van der Waals surface area contributed by atoms with Crippen LogP contribution in [0.5, 0.6) is 0 Å². The average molecular weight is 363 g/mol. The molecular weight excluding hydrogens is 350 g/mol. The fourth-order valence-electron chi connectivity index (χ4n) is 2.44. The number of rotatable bonds is 4.